The summed E-state index contributed by atoms with van der Waals surface area (Å²) in [5.74, 6) is 1.54. The molecule has 0 saturated heterocycles. The zero-order valence-electron chi connectivity index (χ0n) is 11.5. The van der Waals surface area contributed by atoms with Crippen molar-refractivity contribution in [3.8, 4) is 11.4 Å². The molecule has 1 aromatic heterocycles. The van der Waals surface area contributed by atoms with Crippen molar-refractivity contribution in [2.24, 2.45) is 0 Å². The number of aromatic amines is 1. The molecule has 2 aromatic carbocycles. The van der Waals surface area contributed by atoms with Crippen LogP contribution in [0.15, 0.2) is 59.1 Å². The van der Waals surface area contributed by atoms with Crippen LogP contribution in [0.3, 0.4) is 0 Å². The van der Waals surface area contributed by atoms with Gasteiger partial charge in [-0.25, -0.2) is 4.98 Å². The number of hydrogen-bond donors (Lipinski definition) is 1. The summed E-state index contributed by atoms with van der Waals surface area (Å²) < 4.78 is 1.03. The average molecular weight is 341 g/mol. The molecular weight excluding hydrogens is 326 g/mol. The number of aryl methyl sites for hydroxylation is 1. The van der Waals surface area contributed by atoms with Crippen LogP contribution >= 0.6 is 15.9 Å². The zero-order chi connectivity index (χ0) is 14.5. The predicted octanol–water partition coefficient (Wildman–Crippen LogP) is 4.42. The fourth-order valence-corrected chi connectivity index (χ4v) is 2.54. The lowest BCUT2D eigenvalue weighted by molar-refractivity contribution is 0.910. The van der Waals surface area contributed by atoms with Crippen LogP contribution in [0.25, 0.3) is 11.4 Å². The lowest BCUT2D eigenvalue weighted by Crippen LogP contribution is -1.89. The van der Waals surface area contributed by atoms with E-state index in [-0.39, 0.29) is 0 Å². The Kier molecular flexibility index (Phi) is 4.46. The van der Waals surface area contributed by atoms with Crippen molar-refractivity contribution in [3.63, 3.8) is 0 Å². The second kappa shape index (κ2) is 6.68. The molecule has 0 unspecified atom stereocenters. The summed E-state index contributed by atoms with van der Waals surface area (Å²) in [7, 11) is 0. The minimum Gasteiger partial charge on any atom is -0.262 e. The molecule has 0 aliphatic rings. The number of halogens is 1. The Morgan fingerprint density at radius 3 is 2.71 bits per heavy atom. The highest BCUT2D eigenvalue weighted by atomic mass is 79.9. The third-order valence-electron chi connectivity index (χ3n) is 3.20. The maximum absolute atomic E-state index is 4.51. The minimum absolute atomic E-state index is 0.724. The van der Waals surface area contributed by atoms with E-state index < -0.39 is 0 Å². The van der Waals surface area contributed by atoms with Gasteiger partial charge in [0, 0.05) is 16.5 Å². The van der Waals surface area contributed by atoms with E-state index >= 15 is 0 Å². The lowest BCUT2D eigenvalue weighted by atomic mass is 10.1. The molecule has 0 aliphatic carbocycles. The van der Waals surface area contributed by atoms with Gasteiger partial charge in [-0.05, 0) is 30.5 Å². The summed E-state index contributed by atoms with van der Waals surface area (Å²) in [5.41, 5.74) is 2.34. The van der Waals surface area contributed by atoms with Gasteiger partial charge in [-0.3, -0.25) is 5.10 Å². The molecule has 3 rings (SSSR count). The third kappa shape index (κ3) is 3.79. The Morgan fingerprint density at radius 2 is 1.90 bits per heavy atom. The molecule has 0 saturated carbocycles. The van der Waals surface area contributed by atoms with E-state index in [9.17, 15) is 0 Å². The summed E-state index contributed by atoms with van der Waals surface area (Å²) in [6, 6.07) is 18.4. The topological polar surface area (TPSA) is 41.6 Å². The van der Waals surface area contributed by atoms with Gasteiger partial charge in [0.05, 0.1) is 0 Å². The van der Waals surface area contributed by atoms with Gasteiger partial charge < -0.3 is 0 Å². The molecule has 3 aromatic rings. The van der Waals surface area contributed by atoms with Crippen LogP contribution in [0.5, 0.6) is 0 Å². The van der Waals surface area contributed by atoms with E-state index in [1.165, 1.54) is 5.56 Å². The van der Waals surface area contributed by atoms with Gasteiger partial charge in [0.2, 0.25) is 0 Å². The van der Waals surface area contributed by atoms with Gasteiger partial charge in [0.25, 0.3) is 0 Å². The van der Waals surface area contributed by atoms with E-state index in [0.717, 1.165) is 34.5 Å². The fourth-order valence-electron chi connectivity index (χ4n) is 2.14. The normalized spacial score (nSPS) is 10.7. The Bertz CT molecular complexity index is 707. The molecule has 105 valence electrons. The summed E-state index contributed by atoms with van der Waals surface area (Å²) in [6.45, 7) is 0. The van der Waals surface area contributed by atoms with E-state index in [2.05, 4.69) is 61.8 Å². The molecule has 3 nitrogen and oxygen atoms in total. The Hall–Kier alpha value is -1.94. The van der Waals surface area contributed by atoms with E-state index in [1.807, 2.05) is 30.3 Å². The smallest absolute Gasteiger partial charge is 0.181 e. The molecule has 0 fully saturated rings. The number of aromatic nitrogens is 3. The summed E-state index contributed by atoms with van der Waals surface area (Å²) in [5, 5.41) is 7.24. The Labute approximate surface area is 132 Å². The summed E-state index contributed by atoms with van der Waals surface area (Å²) in [4.78, 5) is 4.51. The van der Waals surface area contributed by atoms with Gasteiger partial charge in [-0.2, -0.15) is 5.10 Å². The second-order valence-electron chi connectivity index (χ2n) is 4.78. The van der Waals surface area contributed by atoms with Gasteiger partial charge in [-0.1, -0.05) is 58.4 Å². The van der Waals surface area contributed by atoms with Crippen LogP contribution < -0.4 is 0 Å². The maximum atomic E-state index is 4.51. The van der Waals surface area contributed by atoms with Crippen LogP contribution in [0.1, 0.15) is 17.8 Å². The minimum atomic E-state index is 0.724. The summed E-state index contributed by atoms with van der Waals surface area (Å²) in [6.07, 6.45) is 4.03. The number of hydrogen-bond acceptors (Lipinski definition) is 2. The first-order valence-electron chi connectivity index (χ1n) is 6.87. The van der Waals surface area contributed by atoms with Crippen molar-refractivity contribution in [1.82, 2.24) is 15.2 Å². The number of nitrogens with one attached hydrogen (secondary N) is 1. The molecule has 4 heteroatoms. The van der Waals surface area contributed by atoms with Crippen molar-refractivity contribution in [2.75, 3.05) is 0 Å². The number of H-pyrrole nitrogens is 1. The van der Waals surface area contributed by atoms with Crippen LogP contribution in [-0.2, 0) is 6.42 Å². The van der Waals surface area contributed by atoms with Crippen molar-refractivity contribution >= 4 is 15.9 Å². The predicted molar refractivity (Wildman–Crippen MR) is 87.7 cm³/mol. The number of nitrogens with zero attached hydrogens (tertiary/aromatic N) is 2. The van der Waals surface area contributed by atoms with Crippen molar-refractivity contribution in [2.45, 2.75) is 12.8 Å². The van der Waals surface area contributed by atoms with Crippen LogP contribution in [0, 0.1) is 6.42 Å². The molecule has 1 N–H and O–H groups in total. The van der Waals surface area contributed by atoms with Gasteiger partial charge in [-0.15, -0.1) is 0 Å². The molecule has 0 atom stereocenters. The SMILES string of the molecule is Brc1cccc(-c2n[nH]c([CH]CCc3ccccc3)n2)c1. The molecule has 21 heavy (non-hydrogen) atoms. The van der Waals surface area contributed by atoms with Gasteiger partial charge in [0.15, 0.2) is 5.82 Å². The lowest BCUT2D eigenvalue weighted by Gasteiger charge is -1.98. The highest BCUT2D eigenvalue weighted by Crippen LogP contribution is 2.20. The Balaban J connectivity index is 1.60. The zero-order valence-corrected chi connectivity index (χ0v) is 13.0. The summed E-state index contributed by atoms with van der Waals surface area (Å²) >= 11 is 3.46. The second-order valence-corrected chi connectivity index (χ2v) is 5.70. The maximum Gasteiger partial charge on any atom is 0.181 e. The van der Waals surface area contributed by atoms with Crippen LogP contribution in [0.4, 0.5) is 0 Å². The van der Waals surface area contributed by atoms with Crippen LogP contribution in [0.2, 0.25) is 0 Å². The molecule has 1 radical (unpaired) electrons. The average Bonchev–Trinajstić information content (AvgIpc) is 2.97. The highest BCUT2D eigenvalue weighted by Gasteiger charge is 2.06. The number of rotatable bonds is 5. The van der Waals surface area contributed by atoms with E-state index in [1.54, 1.807) is 0 Å². The highest BCUT2D eigenvalue weighted by molar-refractivity contribution is 9.10. The molecule has 0 aliphatic heterocycles. The molecule has 0 spiro atoms. The fraction of sp³-hybridized carbons (Fsp3) is 0.118. The van der Waals surface area contributed by atoms with Gasteiger partial charge in [0.1, 0.15) is 5.82 Å². The Morgan fingerprint density at radius 1 is 1.05 bits per heavy atom. The van der Waals surface area contributed by atoms with E-state index in [0.29, 0.717) is 0 Å². The molecule has 1 heterocycles. The quantitative estimate of drug-likeness (QED) is 0.746. The van der Waals surface area contributed by atoms with Crippen molar-refractivity contribution < 1.29 is 0 Å². The standard InChI is InChI=1S/C17H15BrN3/c18-15-10-5-9-14(12-15)17-19-16(20-21-17)11-4-8-13-6-2-1-3-7-13/h1-3,5-7,9-12H,4,8H2,(H,19,20,21). The van der Waals surface area contributed by atoms with Crippen molar-refractivity contribution in [3.05, 3.63) is 76.9 Å². The number of benzene rings is 2. The largest absolute Gasteiger partial charge is 0.262 e. The molecule has 0 amide bonds. The third-order valence-corrected chi connectivity index (χ3v) is 3.69. The first-order valence-corrected chi connectivity index (χ1v) is 7.66. The van der Waals surface area contributed by atoms with Crippen molar-refractivity contribution in [1.29, 1.82) is 0 Å². The molecule has 0 bridgehead atoms. The van der Waals surface area contributed by atoms with Crippen LogP contribution in [-0.4, -0.2) is 15.2 Å². The first kappa shape index (κ1) is 14.0. The molecular formula is C17H15BrN3. The van der Waals surface area contributed by atoms with E-state index in [4.69, 9.17) is 0 Å². The monoisotopic (exact) mass is 340 g/mol. The van der Waals surface area contributed by atoms with Gasteiger partial charge >= 0.3 is 0 Å². The first-order chi connectivity index (χ1) is 10.3.